The van der Waals surface area contributed by atoms with Gasteiger partial charge in [0.15, 0.2) is 1.41 Å². The lowest BCUT2D eigenvalue weighted by Crippen LogP contribution is -2.50. The van der Waals surface area contributed by atoms with Gasteiger partial charge in [-0.3, -0.25) is 9.59 Å². The minimum Gasteiger partial charge on any atom is -0.391 e. The Bertz CT molecular complexity index is 577. The fourth-order valence-corrected chi connectivity index (χ4v) is 3.39. The Hall–Kier alpha value is -1.57. The molecule has 0 spiro atoms. The summed E-state index contributed by atoms with van der Waals surface area (Å²) < 4.78 is 48.1. The van der Waals surface area contributed by atoms with E-state index in [4.69, 9.17) is 1.41 Å². The summed E-state index contributed by atoms with van der Waals surface area (Å²) in [5.41, 5.74) is -0.576. The number of hydrogen-bond donors (Lipinski definition) is 1. The van der Waals surface area contributed by atoms with Crippen LogP contribution >= 0.6 is 0 Å². The second-order valence-electron chi connectivity index (χ2n) is 6.82. The van der Waals surface area contributed by atoms with Gasteiger partial charge in [0.2, 0.25) is 11.8 Å². The molecule has 1 saturated heterocycles. The van der Waals surface area contributed by atoms with Crippen LogP contribution in [0, 0.1) is 5.92 Å². The predicted molar refractivity (Wildman–Crippen MR) is 82.4 cm³/mol. The predicted octanol–water partition coefficient (Wildman–Crippen LogP) is 2.60. The van der Waals surface area contributed by atoms with Gasteiger partial charge in [-0.1, -0.05) is 6.92 Å². The van der Waals surface area contributed by atoms with Crippen LogP contribution in [0.15, 0.2) is 11.8 Å². The quantitative estimate of drug-likeness (QED) is 0.848. The Morgan fingerprint density at radius 1 is 1.50 bits per heavy atom. The number of nitrogens with zero attached hydrogens (tertiary/aromatic N) is 2. The molecule has 0 aromatic heterocycles. The molecule has 0 bridgehead atoms. The fraction of sp³-hybridized carbons (Fsp3) is 0.750. The van der Waals surface area contributed by atoms with E-state index in [1.54, 1.807) is 20.8 Å². The molecule has 0 aromatic rings. The van der Waals surface area contributed by atoms with Crippen LogP contribution in [-0.4, -0.2) is 46.6 Å². The first-order valence-corrected chi connectivity index (χ1v) is 8.13. The number of hydrogen-bond acceptors (Lipinski definition) is 4. The normalized spacial score (nSPS) is 24.0. The van der Waals surface area contributed by atoms with Gasteiger partial charge in [-0.2, -0.15) is 13.2 Å². The van der Waals surface area contributed by atoms with Gasteiger partial charge >= 0.3 is 6.18 Å². The lowest BCUT2D eigenvalue weighted by Gasteiger charge is -2.35. The number of alkyl halides is 3. The Kier molecular flexibility index (Phi) is 4.85. The Morgan fingerprint density at radius 2 is 2.17 bits per heavy atom. The average molecular weight is 349 g/mol. The Labute approximate surface area is 141 Å². The van der Waals surface area contributed by atoms with Crippen LogP contribution in [0.1, 0.15) is 46.5 Å². The average Bonchev–Trinajstić information content (AvgIpc) is 2.71. The fourth-order valence-electron chi connectivity index (χ4n) is 3.39. The van der Waals surface area contributed by atoms with Gasteiger partial charge in [-0.05, 0) is 38.5 Å². The summed E-state index contributed by atoms with van der Waals surface area (Å²) in [5.74, 6) is -3.29. The summed E-state index contributed by atoms with van der Waals surface area (Å²) in [5, 5.41) is 3.36. The highest BCUT2D eigenvalue weighted by Gasteiger charge is 2.49. The molecule has 2 amide bonds. The SMILES string of the molecule is [3H]N1C=C([C@H](CC(=O)N2C(=O)CC(C)(C)N2CC)C(F)(F)F)CCC1. The highest BCUT2D eigenvalue weighted by Crippen LogP contribution is 2.38. The van der Waals surface area contributed by atoms with E-state index in [1.807, 2.05) is 0 Å². The number of halogens is 3. The first kappa shape index (κ1) is 17.3. The van der Waals surface area contributed by atoms with Crippen molar-refractivity contribution in [2.24, 2.45) is 5.92 Å². The number of amides is 2. The van der Waals surface area contributed by atoms with Crippen molar-refractivity contribution in [1.29, 1.82) is 0 Å². The van der Waals surface area contributed by atoms with Crippen LogP contribution in [0.5, 0.6) is 0 Å². The monoisotopic (exact) mass is 349 g/mol. The molecule has 0 aromatic carbocycles. The van der Waals surface area contributed by atoms with Crippen LogP contribution < -0.4 is 5.31 Å². The van der Waals surface area contributed by atoms with E-state index in [1.165, 1.54) is 5.01 Å². The maximum absolute atomic E-state index is 13.5. The zero-order valence-corrected chi connectivity index (χ0v) is 14.2. The van der Waals surface area contributed by atoms with E-state index < -0.39 is 35.9 Å². The van der Waals surface area contributed by atoms with Crippen LogP contribution in [0.4, 0.5) is 13.2 Å². The number of rotatable bonds is 4. The molecule has 1 atom stereocenters. The van der Waals surface area contributed by atoms with Crippen LogP contribution in [0.25, 0.3) is 0 Å². The zero-order chi connectivity index (χ0) is 19.0. The van der Waals surface area contributed by atoms with E-state index in [0.29, 0.717) is 19.5 Å². The summed E-state index contributed by atoms with van der Waals surface area (Å²) >= 11 is 0. The Balaban J connectivity index is 2.24. The maximum Gasteiger partial charge on any atom is 0.395 e. The molecule has 0 saturated carbocycles. The second kappa shape index (κ2) is 6.74. The molecule has 24 heavy (non-hydrogen) atoms. The van der Waals surface area contributed by atoms with E-state index in [9.17, 15) is 22.8 Å². The highest BCUT2D eigenvalue weighted by molar-refractivity contribution is 5.97. The molecule has 1 N–H and O–H groups in total. The van der Waals surface area contributed by atoms with Gasteiger partial charge in [-0.25, -0.2) is 10.0 Å². The molecular formula is C16H24F3N3O2. The van der Waals surface area contributed by atoms with Gasteiger partial charge in [0.05, 0.1) is 5.92 Å². The van der Waals surface area contributed by atoms with Crippen molar-refractivity contribution >= 4 is 11.8 Å². The van der Waals surface area contributed by atoms with E-state index in [-0.39, 0.29) is 18.4 Å². The molecular weight excluding hydrogens is 323 g/mol. The van der Waals surface area contributed by atoms with Crippen molar-refractivity contribution in [3.05, 3.63) is 11.8 Å². The molecule has 2 aliphatic rings. The largest absolute Gasteiger partial charge is 0.395 e. The van der Waals surface area contributed by atoms with Crippen LogP contribution in [0.3, 0.4) is 0 Å². The van der Waals surface area contributed by atoms with Crippen molar-refractivity contribution in [3.8, 4) is 0 Å². The summed E-state index contributed by atoms with van der Waals surface area (Å²) in [6, 6.07) is 0. The summed E-state index contributed by atoms with van der Waals surface area (Å²) in [6.45, 7) is 6.04. The minimum absolute atomic E-state index is 0.0241. The lowest BCUT2D eigenvalue weighted by atomic mass is 9.90. The van der Waals surface area contributed by atoms with Crippen LogP contribution in [0.2, 0.25) is 1.41 Å². The first-order chi connectivity index (χ1) is 11.5. The van der Waals surface area contributed by atoms with Gasteiger partial charge in [0.1, 0.15) is 0 Å². The van der Waals surface area contributed by atoms with Crippen molar-refractivity contribution < 1.29 is 24.2 Å². The minimum atomic E-state index is -4.60. The molecule has 2 heterocycles. The van der Waals surface area contributed by atoms with Gasteiger partial charge in [-0.15, -0.1) is 0 Å². The number of imide groups is 1. The molecule has 8 heteroatoms. The van der Waals surface area contributed by atoms with Crippen molar-refractivity contribution in [3.63, 3.8) is 0 Å². The first-order valence-electron chi connectivity index (χ1n) is 8.58. The van der Waals surface area contributed by atoms with Gasteiger partial charge < -0.3 is 5.31 Å². The number of carbonyl (C=O) groups excluding carboxylic acids is 2. The topological polar surface area (TPSA) is 52.7 Å². The molecule has 5 nitrogen and oxygen atoms in total. The van der Waals surface area contributed by atoms with Crippen molar-refractivity contribution in [2.45, 2.75) is 58.2 Å². The van der Waals surface area contributed by atoms with E-state index in [2.05, 4.69) is 0 Å². The standard InChI is InChI=1S/C16H24F3N3O2/c1-4-21-15(2,3)9-14(24)22(21)13(23)8-12(16(17,18)19)11-6-5-7-20-10-11/h10,12,20H,4-9H2,1-3H3/t12-/m0/s1/i/hT. The molecule has 0 unspecified atom stereocenters. The third kappa shape index (κ3) is 3.74. The molecule has 2 rings (SSSR count). The van der Waals surface area contributed by atoms with Crippen molar-refractivity contribution in [1.82, 2.24) is 15.3 Å². The zero-order valence-electron chi connectivity index (χ0n) is 15.2. The van der Waals surface area contributed by atoms with Gasteiger partial charge in [0.25, 0.3) is 0 Å². The summed E-state index contributed by atoms with van der Waals surface area (Å²) in [7, 11) is 0. The Morgan fingerprint density at radius 3 is 2.71 bits per heavy atom. The van der Waals surface area contributed by atoms with Gasteiger partial charge in [0, 0.05) is 31.5 Å². The maximum atomic E-state index is 13.5. The number of hydrazine groups is 1. The molecule has 0 aliphatic carbocycles. The number of nitrogens with one attached hydrogen (secondary N) is 1. The summed E-state index contributed by atoms with van der Waals surface area (Å²) in [6.07, 6.45) is -3.54. The lowest BCUT2D eigenvalue weighted by molar-refractivity contribution is -0.180. The van der Waals surface area contributed by atoms with Crippen LogP contribution in [-0.2, 0) is 9.59 Å². The number of allylic oxidation sites excluding steroid dienone is 1. The smallest absolute Gasteiger partial charge is 0.391 e. The third-order valence-electron chi connectivity index (χ3n) is 4.53. The molecule has 136 valence electrons. The third-order valence-corrected chi connectivity index (χ3v) is 4.53. The second-order valence-corrected chi connectivity index (χ2v) is 6.82. The van der Waals surface area contributed by atoms with E-state index in [0.717, 1.165) is 16.5 Å². The number of carbonyl (C=O) groups is 2. The molecule has 0 radical (unpaired) electrons. The van der Waals surface area contributed by atoms with E-state index >= 15 is 0 Å². The van der Waals surface area contributed by atoms with Crippen molar-refractivity contribution in [2.75, 3.05) is 13.1 Å². The summed E-state index contributed by atoms with van der Waals surface area (Å²) in [4.78, 5) is 24.8. The molecule has 2 aliphatic heterocycles. The highest BCUT2D eigenvalue weighted by atomic mass is 19.4. The molecule has 1 fully saturated rings.